The highest BCUT2D eigenvalue weighted by Gasteiger charge is 2.05. The Morgan fingerprint density at radius 2 is 1.57 bits per heavy atom. The molecule has 0 fully saturated rings. The number of amides is 1. The van der Waals surface area contributed by atoms with Crippen LogP contribution in [0.2, 0.25) is 10.0 Å². The van der Waals surface area contributed by atoms with Gasteiger partial charge in [0.2, 0.25) is 5.91 Å². The highest BCUT2D eigenvalue weighted by Crippen LogP contribution is 2.25. The molecule has 0 aliphatic carbocycles. The highest BCUT2D eigenvalue weighted by atomic mass is 35.5. The first-order chi connectivity index (χ1) is 11.0. The van der Waals surface area contributed by atoms with Crippen molar-refractivity contribution in [3.63, 3.8) is 0 Å². The van der Waals surface area contributed by atoms with Gasteiger partial charge in [-0.25, -0.2) is 0 Å². The van der Waals surface area contributed by atoms with E-state index in [0.29, 0.717) is 28.6 Å². The van der Waals surface area contributed by atoms with E-state index < -0.39 is 0 Å². The predicted octanol–water partition coefficient (Wildman–Crippen LogP) is 5.23. The van der Waals surface area contributed by atoms with E-state index in [2.05, 4.69) is 10.1 Å². The molecule has 0 aliphatic heterocycles. The van der Waals surface area contributed by atoms with E-state index in [1.807, 2.05) is 0 Å². The van der Waals surface area contributed by atoms with Crippen LogP contribution in [0.25, 0.3) is 0 Å². The lowest BCUT2D eigenvalue weighted by Crippen LogP contribution is -2.10. The Hall–Kier alpha value is -1.26. The first kappa shape index (κ1) is 19.8. The van der Waals surface area contributed by atoms with E-state index in [0.717, 1.165) is 38.5 Å². The van der Waals surface area contributed by atoms with Gasteiger partial charge in [0.05, 0.1) is 17.2 Å². The lowest BCUT2D eigenvalue weighted by Gasteiger charge is -2.06. The molecule has 0 saturated carbocycles. The van der Waals surface area contributed by atoms with Gasteiger partial charge in [-0.2, -0.15) is 0 Å². The van der Waals surface area contributed by atoms with Crippen LogP contribution in [-0.4, -0.2) is 19.0 Å². The summed E-state index contributed by atoms with van der Waals surface area (Å²) < 4.78 is 4.59. The minimum atomic E-state index is -0.149. The van der Waals surface area contributed by atoms with E-state index in [4.69, 9.17) is 23.2 Å². The molecule has 1 aromatic rings. The predicted molar refractivity (Wildman–Crippen MR) is 94.0 cm³/mol. The second kappa shape index (κ2) is 11.3. The van der Waals surface area contributed by atoms with Gasteiger partial charge < -0.3 is 10.1 Å². The number of anilines is 1. The van der Waals surface area contributed by atoms with Gasteiger partial charge in [-0.05, 0) is 31.0 Å². The van der Waals surface area contributed by atoms with Crippen LogP contribution in [0.15, 0.2) is 18.2 Å². The number of carbonyl (C=O) groups is 2. The van der Waals surface area contributed by atoms with Crippen LogP contribution in [0, 0.1) is 0 Å². The van der Waals surface area contributed by atoms with Crippen molar-refractivity contribution in [2.75, 3.05) is 12.4 Å². The number of carbonyl (C=O) groups excluding carboxylic acids is 2. The zero-order valence-electron chi connectivity index (χ0n) is 13.4. The largest absolute Gasteiger partial charge is 0.469 e. The number of hydrogen-bond acceptors (Lipinski definition) is 3. The number of hydrogen-bond donors (Lipinski definition) is 1. The molecule has 0 aliphatic rings. The number of rotatable bonds is 10. The number of benzene rings is 1. The molecule has 1 amide bonds. The summed E-state index contributed by atoms with van der Waals surface area (Å²) in [6, 6.07) is 5.03. The lowest BCUT2D eigenvalue weighted by molar-refractivity contribution is -0.140. The molecular formula is C17H23Cl2NO3. The summed E-state index contributed by atoms with van der Waals surface area (Å²) in [5.41, 5.74) is 0.659. The molecule has 0 unspecified atom stereocenters. The van der Waals surface area contributed by atoms with Crippen molar-refractivity contribution in [3.05, 3.63) is 28.2 Å². The van der Waals surface area contributed by atoms with Crippen molar-refractivity contribution < 1.29 is 14.3 Å². The molecule has 4 nitrogen and oxygen atoms in total. The first-order valence-electron chi connectivity index (χ1n) is 7.84. The third-order valence-electron chi connectivity index (χ3n) is 3.47. The second-order valence-corrected chi connectivity index (χ2v) is 6.19. The molecule has 128 valence electrons. The van der Waals surface area contributed by atoms with Crippen LogP contribution in [0.1, 0.15) is 51.4 Å². The molecule has 0 atom stereocenters. The van der Waals surface area contributed by atoms with Gasteiger partial charge in [0.15, 0.2) is 0 Å². The third-order valence-corrected chi connectivity index (χ3v) is 4.20. The van der Waals surface area contributed by atoms with Crippen molar-refractivity contribution in [1.82, 2.24) is 0 Å². The topological polar surface area (TPSA) is 55.4 Å². The molecule has 1 aromatic carbocycles. The molecule has 0 heterocycles. The average molecular weight is 360 g/mol. The van der Waals surface area contributed by atoms with Crippen LogP contribution >= 0.6 is 23.2 Å². The first-order valence-corrected chi connectivity index (χ1v) is 8.60. The normalized spacial score (nSPS) is 10.4. The average Bonchev–Trinajstić information content (AvgIpc) is 2.53. The van der Waals surface area contributed by atoms with Crippen LogP contribution in [0.5, 0.6) is 0 Å². The molecule has 1 N–H and O–H groups in total. The highest BCUT2D eigenvalue weighted by molar-refractivity contribution is 6.42. The van der Waals surface area contributed by atoms with Crippen LogP contribution in [-0.2, 0) is 14.3 Å². The molecule has 23 heavy (non-hydrogen) atoms. The summed E-state index contributed by atoms with van der Waals surface area (Å²) in [6.07, 6.45) is 6.86. The Labute approximate surface area is 147 Å². The Bertz CT molecular complexity index is 521. The molecule has 1 rings (SSSR count). The molecule has 0 radical (unpaired) electrons. The van der Waals surface area contributed by atoms with E-state index in [9.17, 15) is 9.59 Å². The smallest absolute Gasteiger partial charge is 0.305 e. The molecule has 0 bridgehead atoms. The van der Waals surface area contributed by atoms with Crippen molar-refractivity contribution in [3.8, 4) is 0 Å². The van der Waals surface area contributed by atoms with Crippen molar-refractivity contribution in [2.45, 2.75) is 51.4 Å². The Kier molecular flexibility index (Phi) is 9.72. The van der Waals surface area contributed by atoms with Gasteiger partial charge >= 0.3 is 5.97 Å². The number of unbranched alkanes of at least 4 members (excludes halogenated alkanes) is 5. The molecule has 0 saturated heterocycles. The van der Waals surface area contributed by atoms with Crippen molar-refractivity contribution in [1.29, 1.82) is 0 Å². The van der Waals surface area contributed by atoms with E-state index in [-0.39, 0.29) is 11.9 Å². The number of nitrogens with one attached hydrogen (secondary N) is 1. The quantitative estimate of drug-likeness (QED) is 0.459. The van der Waals surface area contributed by atoms with Crippen LogP contribution in [0.4, 0.5) is 5.69 Å². The second-order valence-electron chi connectivity index (χ2n) is 5.37. The SMILES string of the molecule is COC(=O)CCCCCCCCC(=O)Nc1ccc(Cl)c(Cl)c1. The zero-order chi connectivity index (χ0) is 17.1. The Morgan fingerprint density at radius 1 is 0.957 bits per heavy atom. The van der Waals surface area contributed by atoms with Crippen LogP contribution < -0.4 is 5.32 Å². The number of esters is 1. The molecule has 0 spiro atoms. The van der Waals surface area contributed by atoms with Gasteiger partial charge in [0, 0.05) is 18.5 Å². The maximum absolute atomic E-state index is 11.8. The molecule has 0 aromatic heterocycles. The number of halogens is 2. The Balaban J connectivity index is 2.06. The van der Waals surface area contributed by atoms with Crippen molar-refractivity contribution in [2.24, 2.45) is 0 Å². The van der Waals surface area contributed by atoms with Gasteiger partial charge in [-0.3, -0.25) is 9.59 Å². The lowest BCUT2D eigenvalue weighted by atomic mass is 10.1. The van der Waals surface area contributed by atoms with E-state index in [1.54, 1.807) is 18.2 Å². The van der Waals surface area contributed by atoms with Gasteiger partial charge in [0.25, 0.3) is 0 Å². The summed E-state index contributed by atoms with van der Waals surface area (Å²) >= 11 is 11.7. The van der Waals surface area contributed by atoms with Gasteiger partial charge in [0.1, 0.15) is 0 Å². The maximum atomic E-state index is 11.8. The van der Waals surface area contributed by atoms with Gasteiger partial charge in [-0.1, -0.05) is 48.9 Å². The monoisotopic (exact) mass is 359 g/mol. The maximum Gasteiger partial charge on any atom is 0.305 e. The Morgan fingerprint density at radius 3 is 2.17 bits per heavy atom. The summed E-state index contributed by atoms with van der Waals surface area (Å²) in [5.74, 6) is -0.168. The minimum Gasteiger partial charge on any atom is -0.469 e. The summed E-state index contributed by atoms with van der Waals surface area (Å²) in [7, 11) is 1.41. The van der Waals surface area contributed by atoms with Crippen LogP contribution in [0.3, 0.4) is 0 Å². The molecule has 6 heteroatoms. The van der Waals surface area contributed by atoms with E-state index in [1.165, 1.54) is 7.11 Å². The third kappa shape index (κ3) is 8.82. The molecular weight excluding hydrogens is 337 g/mol. The summed E-state index contributed by atoms with van der Waals surface area (Å²) in [6.45, 7) is 0. The fourth-order valence-electron chi connectivity index (χ4n) is 2.16. The zero-order valence-corrected chi connectivity index (χ0v) is 14.9. The number of ether oxygens (including phenoxy) is 1. The van der Waals surface area contributed by atoms with E-state index >= 15 is 0 Å². The fourth-order valence-corrected chi connectivity index (χ4v) is 2.46. The summed E-state index contributed by atoms with van der Waals surface area (Å²) in [4.78, 5) is 22.7. The number of methoxy groups -OCH3 is 1. The van der Waals surface area contributed by atoms with Crippen molar-refractivity contribution >= 4 is 40.8 Å². The van der Waals surface area contributed by atoms with Gasteiger partial charge in [-0.15, -0.1) is 0 Å². The fraction of sp³-hybridized carbons (Fsp3) is 0.529. The summed E-state index contributed by atoms with van der Waals surface area (Å²) in [5, 5.41) is 3.70. The minimum absolute atomic E-state index is 0.0194. The standard InChI is InChI=1S/C17H23Cl2NO3/c1-23-17(22)9-7-5-3-2-4-6-8-16(21)20-13-10-11-14(18)15(19)12-13/h10-12H,2-9H2,1H3,(H,20,21).